The quantitative estimate of drug-likeness (QED) is 0.822. The largest absolute Gasteiger partial charge is 0.345 e. The first-order chi connectivity index (χ1) is 10.6. The lowest BCUT2D eigenvalue weighted by Gasteiger charge is -2.40. The number of aromatic nitrogens is 1. The normalized spacial score (nSPS) is 19.4. The number of halogens is 1. The summed E-state index contributed by atoms with van der Waals surface area (Å²) >= 11 is 3.45. The van der Waals surface area contributed by atoms with E-state index in [1.807, 2.05) is 47.0 Å². The molecule has 3 rings (SSSR count). The third-order valence-corrected chi connectivity index (χ3v) is 4.65. The molecule has 1 amide bonds. The maximum absolute atomic E-state index is 13.0. The second-order valence-electron chi connectivity index (χ2n) is 5.84. The van der Waals surface area contributed by atoms with Gasteiger partial charge in [0.2, 0.25) is 0 Å². The molecule has 1 aliphatic heterocycles. The van der Waals surface area contributed by atoms with Crippen LogP contribution in [0.25, 0.3) is 0 Å². The van der Waals surface area contributed by atoms with E-state index < -0.39 is 0 Å². The van der Waals surface area contributed by atoms with Crippen LogP contribution in [-0.2, 0) is 7.05 Å². The third-order valence-electron chi connectivity index (χ3n) is 4.22. The molecular formula is C17H20BrN3O. The molecule has 4 nitrogen and oxygen atoms in total. The van der Waals surface area contributed by atoms with Gasteiger partial charge < -0.3 is 14.4 Å². The fourth-order valence-electron chi connectivity index (χ4n) is 3.01. The standard InChI is InChI=1S/C17H20BrN3O/c1-19-8-9-21(16(12-19)13-6-4-3-5-7-13)17(22)15-10-14(18)11-20(15)2/h3-7,10-11,16H,8-9,12H2,1-2H3. The lowest BCUT2D eigenvalue weighted by atomic mass is 10.0. The molecule has 0 spiro atoms. The van der Waals surface area contributed by atoms with Gasteiger partial charge in [-0.3, -0.25) is 4.79 Å². The monoisotopic (exact) mass is 361 g/mol. The Labute approximate surface area is 139 Å². The first-order valence-corrected chi connectivity index (χ1v) is 8.22. The molecule has 1 unspecified atom stereocenters. The predicted molar refractivity (Wildman–Crippen MR) is 90.8 cm³/mol. The van der Waals surface area contributed by atoms with Gasteiger partial charge in [0, 0.05) is 37.4 Å². The molecular weight excluding hydrogens is 342 g/mol. The zero-order chi connectivity index (χ0) is 15.7. The van der Waals surface area contributed by atoms with E-state index in [1.165, 1.54) is 5.56 Å². The number of carbonyl (C=O) groups excluding carboxylic acids is 1. The molecule has 1 saturated heterocycles. The van der Waals surface area contributed by atoms with E-state index in [0.717, 1.165) is 29.8 Å². The van der Waals surface area contributed by atoms with Gasteiger partial charge in [0.25, 0.3) is 5.91 Å². The van der Waals surface area contributed by atoms with Crippen molar-refractivity contribution in [1.82, 2.24) is 14.4 Å². The summed E-state index contributed by atoms with van der Waals surface area (Å²) in [5.41, 5.74) is 1.91. The molecule has 0 radical (unpaired) electrons. The average Bonchev–Trinajstić information content (AvgIpc) is 2.86. The number of piperazine rings is 1. The molecule has 1 aromatic heterocycles. The highest BCUT2D eigenvalue weighted by atomic mass is 79.9. The van der Waals surface area contributed by atoms with Gasteiger partial charge in [0.1, 0.15) is 5.69 Å². The zero-order valence-corrected chi connectivity index (χ0v) is 14.5. The van der Waals surface area contributed by atoms with Gasteiger partial charge in [-0.1, -0.05) is 30.3 Å². The van der Waals surface area contributed by atoms with Crippen molar-refractivity contribution in [2.45, 2.75) is 6.04 Å². The Morgan fingerprint density at radius 3 is 2.55 bits per heavy atom. The van der Waals surface area contributed by atoms with Gasteiger partial charge in [-0.15, -0.1) is 0 Å². The highest BCUT2D eigenvalue weighted by Gasteiger charge is 2.31. The molecule has 2 heterocycles. The Hall–Kier alpha value is -1.59. The van der Waals surface area contributed by atoms with Crippen LogP contribution in [0.15, 0.2) is 47.1 Å². The number of hydrogen-bond acceptors (Lipinski definition) is 2. The molecule has 2 aromatic rings. The van der Waals surface area contributed by atoms with E-state index in [9.17, 15) is 4.79 Å². The minimum Gasteiger partial charge on any atom is -0.345 e. The summed E-state index contributed by atoms with van der Waals surface area (Å²) in [7, 11) is 4.02. The van der Waals surface area contributed by atoms with Crippen molar-refractivity contribution >= 4 is 21.8 Å². The van der Waals surface area contributed by atoms with E-state index in [2.05, 4.69) is 40.0 Å². The molecule has 22 heavy (non-hydrogen) atoms. The minimum atomic E-state index is 0.0927. The number of hydrogen-bond donors (Lipinski definition) is 0. The van der Waals surface area contributed by atoms with Crippen LogP contribution >= 0.6 is 15.9 Å². The molecule has 0 saturated carbocycles. The highest BCUT2D eigenvalue weighted by Crippen LogP contribution is 2.27. The number of rotatable bonds is 2. The van der Waals surface area contributed by atoms with E-state index in [0.29, 0.717) is 0 Å². The van der Waals surface area contributed by atoms with Crippen molar-refractivity contribution in [2.24, 2.45) is 7.05 Å². The minimum absolute atomic E-state index is 0.0927. The van der Waals surface area contributed by atoms with E-state index in [-0.39, 0.29) is 11.9 Å². The number of aryl methyl sites for hydroxylation is 1. The van der Waals surface area contributed by atoms with Crippen molar-refractivity contribution in [1.29, 1.82) is 0 Å². The molecule has 0 N–H and O–H groups in total. The average molecular weight is 362 g/mol. The van der Waals surface area contributed by atoms with Crippen molar-refractivity contribution in [3.63, 3.8) is 0 Å². The number of benzene rings is 1. The summed E-state index contributed by atoms with van der Waals surface area (Å²) in [6.07, 6.45) is 1.92. The van der Waals surface area contributed by atoms with Crippen LogP contribution in [0, 0.1) is 0 Å². The molecule has 116 valence electrons. The molecule has 1 fully saturated rings. The summed E-state index contributed by atoms with van der Waals surface area (Å²) in [5, 5.41) is 0. The Balaban J connectivity index is 1.93. The fraction of sp³-hybridized carbons (Fsp3) is 0.353. The van der Waals surface area contributed by atoms with Gasteiger partial charge >= 0.3 is 0 Å². The van der Waals surface area contributed by atoms with Gasteiger partial charge in [-0.2, -0.15) is 0 Å². The molecule has 5 heteroatoms. The van der Waals surface area contributed by atoms with Gasteiger partial charge in [-0.05, 0) is 34.6 Å². The summed E-state index contributed by atoms with van der Waals surface area (Å²) < 4.78 is 2.82. The van der Waals surface area contributed by atoms with Crippen molar-refractivity contribution < 1.29 is 4.79 Å². The third kappa shape index (κ3) is 2.96. The lowest BCUT2D eigenvalue weighted by Crippen LogP contribution is -2.49. The lowest BCUT2D eigenvalue weighted by molar-refractivity contribution is 0.0489. The van der Waals surface area contributed by atoms with Crippen LogP contribution in [0.3, 0.4) is 0 Å². The number of amides is 1. The maximum atomic E-state index is 13.0. The SMILES string of the molecule is CN1CCN(C(=O)c2cc(Br)cn2C)C(c2ccccc2)C1. The molecule has 1 aromatic carbocycles. The fourth-order valence-corrected chi connectivity index (χ4v) is 3.53. The number of likely N-dealkylation sites (N-methyl/N-ethyl adjacent to an activating group) is 1. The van der Waals surface area contributed by atoms with Crippen LogP contribution in [0.4, 0.5) is 0 Å². The smallest absolute Gasteiger partial charge is 0.271 e. The van der Waals surface area contributed by atoms with E-state index >= 15 is 0 Å². The van der Waals surface area contributed by atoms with Crippen molar-refractivity contribution in [3.8, 4) is 0 Å². The van der Waals surface area contributed by atoms with Crippen LogP contribution in [-0.4, -0.2) is 47.0 Å². The summed E-state index contributed by atoms with van der Waals surface area (Å²) in [4.78, 5) is 17.3. The summed E-state index contributed by atoms with van der Waals surface area (Å²) in [6, 6.07) is 12.3. The molecule has 1 atom stereocenters. The first kappa shape index (κ1) is 15.3. The van der Waals surface area contributed by atoms with Crippen molar-refractivity contribution in [2.75, 3.05) is 26.7 Å². The Morgan fingerprint density at radius 2 is 1.91 bits per heavy atom. The van der Waals surface area contributed by atoms with Crippen LogP contribution < -0.4 is 0 Å². The van der Waals surface area contributed by atoms with Gasteiger partial charge in [0.05, 0.1) is 6.04 Å². The Bertz CT molecular complexity index is 668. The van der Waals surface area contributed by atoms with Crippen LogP contribution in [0.2, 0.25) is 0 Å². The molecule has 1 aliphatic rings. The molecule has 0 bridgehead atoms. The second kappa shape index (κ2) is 6.26. The second-order valence-corrected chi connectivity index (χ2v) is 6.76. The first-order valence-electron chi connectivity index (χ1n) is 7.42. The Kier molecular flexibility index (Phi) is 4.36. The van der Waals surface area contributed by atoms with Gasteiger partial charge in [0.15, 0.2) is 0 Å². The maximum Gasteiger partial charge on any atom is 0.271 e. The summed E-state index contributed by atoms with van der Waals surface area (Å²) in [6.45, 7) is 2.51. The summed E-state index contributed by atoms with van der Waals surface area (Å²) in [5.74, 6) is 0.0927. The van der Waals surface area contributed by atoms with E-state index in [1.54, 1.807) is 0 Å². The topological polar surface area (TPSA) is 28.5 Å². The van der Waals surface area contributed by atoms with Crippen LogP contribution in [0.1, 0.15) is 22.1 Å². The predicted octanol–water partition coefficient (Wildman–Crippen LogP) is 2.92. The number of nitrogens with zero attached hydrogens (tertiary/aromatic N) is 3. The zero-order valence-electron chi connectivity index (χ0n) is 12.9. The Morgan fingerprint density at radius 1 is 1.18 bits per heavy atom. The molecule has 0 aliphatic carbocycles. The van der Waals surface area contributed by atoms with Gasteiger partial charge in [-0.25, -0.2) is 0 Å². The van der Waals surface area contributed by atoms with E-state index in [4.69, 9.17) is 0 Å². The highest BCUT2D eigenvalue weighted by molar-refractivity contribution is 9.10. The van der Waals surface area contributed by atoms with Crippen molar-refractivity contribution in [3.05, 3.63) is 58.3 Å². The van der Waals surface area contributed by atoms with Crippen LogP contribution in [0.5, 0.6) is 0 Å². The number of carbonyl (C=O) groups is 1.